The molecule has 23 heavy (non-hydrogen) atoms. The number of benzene rings is 2. The van der Waals surface area contributed by atoms with Crippen molar-refractivity contribution in [1.82, 2.24) is 20.2 Å². The first kappa shape index (κ1) is 15.6. The fraction of sp³-hybridized carbons (Fsp3) is 0.0667. The van der Waals surface area contributed by atoms with Crippen LogP contribution in [0.2, 0.25) is 5.02 Å². The second-order valence-electron chi connectivity index (χ2n) is 4.71. The van der Waals surface area contributed by atoms with Crippen molar-refractivity contribution in [3.63, 3.8) is 0 Å². The number of nitrogens with zero attached hydrogens (tertiary/aromatic N) is 4. The van der Waals surface area contributed by atoms with E-state index in [1.54, 1.807) is 30.3 Å². The third-order valence-electron chi connectivity index (χ3n) is 2.95. The van der Waals surface area contributed by atoms with Crippen LogP contribution < -0.4 is 5.32 Å². The summed E-state index contributed by atoms with van der Waals surface area (Å²) in [5.74, 6) is 0.186. The average Bonchev–Trinajstić information content (AvgIpc) is 2.98. The Morgan fingerprint density at radius 1 is 1.22 bits per heavy atom. The van der Waals surface area contributed by atoms with E-state index in [-0.39, 0.29) is 12.5 Å². The van der Waals surface area contributed by atoms with Gasteiger partial charge in [0.1, 0.15) is 6.54 Å². The standard InChI is InChI=1S/C15H11BrClN5O/c16-11-4-6-13(7-5-11)18-14(23)9-22-20-15(19-21-22)10-2-1-3-12(17)8-10/h1-8H,9H2,(H,18,23). The van der Waals surface area contributed by atoms with Crippen molar-refractivity contribution in [3.05, 3.63) is 58.0 Å². The SMILES string of the molecule is O=C(Cn1nnc(-c2cccc(Cl)c2)n1)Nc1ccc(Br)cc1. The molecule has 6 nitrogen and oxygen atoms in total. The molecule has 0 saturated carbocycles. The predicted octanol–water partition coefficient (Wildman–Crippen LogP) is 3.39. The third kappa shape index (κ3) is 4.14. The Morgan fingerprint density at radius 2 is 2.00 bits per heavy atom. The van der Waals surface area contributed by atoms with E-state index in [1.807, 2.05) is 18.2 Å². The van der Waals surface area contributed by atoms with Gasteiger partial charge in [-0.1, -0.05) is 39.7 Å². The maximum Gasteiger partial charge on any atom is 0.248 e. The topological polar surface area (TPSA) is 72.7 Å². The number of rotatable bonds is 4. The van der Waals surface area contributed by atoms with Crippen LogP contribution in [0.4, 0.5) is 5.69 Å². The number of tetrazole rings is 1. The van der Waals surface area contributed by atoms with E-state index in [9.17, 15) is 4.79 Å². The molecule has 0 atom stereocenters. The van der Waals surface area contributed by atoms with Crippen molar-refractivity contribution in [2.45, 2.75) is 6.54 Å². The Bertz CT molecular complexity index is 834. The zero-order valence-corrected chi connectivity index (χ0v) is 14.1. The van der Waals surface area contributed by atoms with Gasteiger partial charge >= 0.3 is 0 Å². The minimum atomic E-state index is -0.234. The molecule has 0 bridgehead atoms. The highest BCUT2D eigenvalue weighted by Gasteiger charge is 2.10. The molecule has 3 aromatic rings. The largest absolute Gasteiger partial charge is 0.324 e. The molecule has 1 aromatic heterocycles. The van der Waals surface area contributed by atoms with Crippen LogP contribution in [0.5, 0.6) is 0 Å². The molecule has 116 valence electrons. The van der Waals surface area contributed by atoms with Gasteiger partial charge in [-0.05, 0) is 41.6 Å². The van der Waals surface area contributed by atoms with Gasteiger partial charge in [0.05, 0.1) is 0 Å². The van der Waals surface area contributed by atoms with Crippen molar-refractivity contribution >= 4 is 39.1 Å². The molecular weight excluding hydrogens is 382 g/mol. The van der Waals surface area contributed by atoms with E-state index in [2.05, 4.69) is 36.7 Å². The molecule has 1 heterocycles. The van der Waals surface area contributed by atoms with Crippen LogP contribution in [0.3, 0.4) is 0 Å². The molecule has 1 amide bonds. The minimum Gasteiger partial charge on any atom is -0.324 e. The molecule has 8 heteroatoms. The molecule has 0 saturated heterocycles. The van der Waals surface area contributed by atoms with Crippen molar-refractivity contribution in [3.8, 4) is 11.4 Å². The lowest BCUT2D eigenvalue weighted by Gasteiger charge is -2.04. The van der Waals surface area contributed by atoms with Crippen molar-refractivity contribution in [2.75, 3.05) is 5.32 Å². The molecule has 0 aliphatic rings. The summed E-state index contributed by atoms with van der Waals surface area (Å²) in [6.07, 6.45) is 0. The summed E-state index contributed by atoms with van der Waals surface area (Å²) >= 11 is 9.28. The summed E-state index contributed by atoms with van der Waals surface area (Å²) < 4.78 is 0.944. The van der Waals surface area contributed by atoms with E-state index in [1.165, 1.54) is 4.80 Å². The van der Waals surface area contributed by atoms with E-state index in [0.717, 1.165) is 10.0 Å². The van der Waals surface area contributed by atoms with Gasteiger partial charge < -0.3 is 5.32 Å². The summed E-state index contributed by atoms with van der Waals surface area (Å²) in [7, 11) is 0. The van der Waals surface area contributed by atoms with Crippen LogP contribution >= 0.6 is 27.5 Å². The van der Waals surface area contributed by atoms with Crippen LogP contribution in [0, 0.1) is 0 Å². The number of hydrogen-bond donors (Lipinski definition) is 1. The molecule has 0 radical (unpaired) electrons. The quantitative estimate of drug-likeness (QED) is 0.738. The molecule has 3 rings (SSSR count). The number of nitrogens with one attached hydrogen (secondary N) is 1. The summed E-state index contributed by atoms with van der Waals surface area (Å²) in [4.78, 5) is 13.2. The molecular formula is C15H11BrClN5O. The van der Waals surface area contributed by atoms with Gasteiger partial charge in [-0.15, -0.1) is 10.2 Å². The lowest BCUT2D eigenvalue weighted by Crippen LogP contribution is -2.20. The second kappa shape index (κ2) is 6.89. The number of halogens is 2. The van der Waals surface area contributed by atoms with Crippen LogP contribution in [-0.4, -0.2) is 26.1 Å². The van der Waals surface area contributed by atoms with Crippen LogP contribution in [0.15, 0.2) is 53.0 Å². The van der Waals surface area contributed by atoms with E-state index in [4.69, 9.17) is 11.6 Å². The third-order valence-corrected chi connectivity index (χ3v) is 3.71. The molecule has 0 aliphatic carbocycles. The first-order valence-electron chi connectivity index (χ1n) is 6.69. The van der Waals surface area contributed by atoms with E-state index < -0.39 is 0 Å². The summed E-state index contributed by atoms with van der Waals surface area (Å²) in [6.45, 7) is -0.0242. The zero-order valence-electron chi connectivity index (χ0n) is 11.8. The van der Waals surface area contributed by atoms with Crippen molar-refractivity contribution in [1.29, 1.82) is 0 Å². The lowest BCUT2D eigenvalue weighted by molar-refractivity contribution is -0.117. The second-order valence-corrected chi connectivity index (χ2v) is 6.06. The summed E-state index contributed by atoms with van der Waals surface area (Å²) in [5.41, 5.74) is 1.45. The predicted molar refractivity (Wildman–Crippen MR) is 91.0 cm³/mol. The first-order chi connectivity index (χ1) is 11.1. The van der Waals surface area contributed by atoms with Crippen LogP contribution in [0.25, 0.3) is 11.4 Å². The van der Waals surface area contributed by atoms with E-state index >= 15 is 0 Å². The Hall–Kier alpha value is -2.25. The zero-order chi connectivity index (χ0) is 16.2. The Kier molecular flexibility index (Phi) is 4.68. The average molecular weight is 393 g/mol. The fourth-order valence-corrected chi connectivity index (χ4v) is 2.37. The number of aromatic nitrogens is 4. The Balaban J connectivity index is 1.66. The van der Waals surface area contributed by atoms with Crippen molar-refractivity contribution < 1.29 is 4.79 Å². The summed E-state index contributed by atoms with van der Waals surface area (Å²) in [5, 5.41) is 15.4. The van der Waals surface area contributed by atoms with E-state index in [0.29, 0.717) is 16.5 Å². The minimum absolute atomic E-state index is 0.0242. The van der Waals surface area contributed by atoms with Gasteiger partial charge in [-0.3, -0.25) is 4.79 Å². The molecule has 1 N–H and O–H groups in total. The molecule has 0 fully saturated rings. The maximum atomic E-state index is 12.0. The monoisotopic (exact) mass is 391 g/mol. The van der Waals surface area contributed by atoms with Gasteiger partial charge in [-0.2, -0.15) is 4.80 Å². The number of anilines is 1. The molecule has 2 aromatic carbocycles. The van der Waals surface area contributed by atoms with Crippen LogP contribution in [-0.2, 0) is 11.3 Å². The van der Waals surface area contributed by atoms with Crippen molar-refractivity contribution in [2.24, 2.45) is 0 Å². The van der Waals surface area contributed by atoms with Gasteiger partial charge in [0, 0.05) is 20.7 Å². The highest BCUT2D eigenvalue weighted by molar-refractivity contribution is 9.10. The maximum absolute atomic E-state index is 12.0. The van der Waals surface area contributed by atoms with Gasteiger partial charge in [0.15, 0.2) is 0 Å². The van der Waals surface area contributed by atoms with Gasteiger partial charge in [0.2, 0.25) is 11.7 Å². The first-order valence-corrected chi connectivity index (χ1v) is 7.86. The van der Waals surface area contributed by atoms with Gasteiger partial charge in [-0.25, -0.2) is 0 Å². The smallest absolute Gasteiger partial charge is 0.248 e. The number of amides is 1. The Morgan fingerprint density at radius 3 is 2.74 bits per heavy atom. The highest BCUT2D eigenvalue weighted by Crippen LogP contribution is 2.18. The summed E-state index contributed by atoms with van der Waals surface area (Å²) in [6, 6.07) is 14.4. The van der Waals surface area contributed by atoms with Gasteiger partial charge in [0.25, 0.3) is 0 Å². The number of carbonyl (C=O) groups is 1. The lowest BCUT2D eigenvalue weighted by atomic mass is 10.2. The highest BCUT2D eigenvalue weighted by atomic mass is 79.9. The molecule has 0 spiro atoms. The van der Waals surface area contributed by atoms with Crippen LogP contribution in [0.1, 0.15) is 0 Å². The Labute approximate surface area is 145 Å². The number of hydrogen-bond acceptors (Lipinski definition) is 4. The molecule has 0 unspecified atom stereocenters. The number of carbonyl (C=O) groups excluding carboxylic acids is 1. The normalized spacial score (nSPS) is 10.5. The molecule has 0 aliphatic heterocycles. The fourth-order valence-electron chi connectivity index (χ4n) is 1.92.